The van der Waals surface area contributed by atoms with Crippen LogP contribution in [0.25, 0.3) is 11.5 Å². The molecule has 0 aliphatic carbocycles. The van der Waals surface area contributed by atoms with Gasteiger partial charge in [-0.05, 0) is 30.3 Å². The van der Waals surface area contributed by atoms with Crippen molar-refractivity contribution < 1.29 is 14.1 Å². The average Bonchev–Trinajstić information content (AvgIpc) is 3.17. The summed E-state index contributed by atoms with van der Waals surface area (Å²) in [5.41, 5.74) is 1.47. The van der Waals surface area contributed by atoms with Crippen molar-refractivity contribution in [3.05, 3.63) is 59.4 Å². The van der Waals surface area contributed by atoms with Crippen LogP contribution >= 0.6 is 23.4 Å². The Morgan fingerprint density at radius 1 is 1.25 bits per heavy atom. The molecule has 0 radical (unpaired) electrons. The molecule has 1 aliphatic rings. The first-order valence-corrected chi connectivity index (χ1v) is 9.76. The molecule has 7 nitrogen and oxygen atoms in total. The average molecular weight is 415 g/mol. The summed E-state index contributed by atoms with van der Waals surface area (Å²) in [7, 11) is 0. The number of carbonyl (C=O) groups excluding carboxylic acids is 2. The van der Waals surface area contributed by atoms with Gasteiger partial charge in [0.25, 0.3) is 5.89 Å². The molecular formula is C19H15ClN4O3S. The van der Waals surface area contributed by atoms with Crippen molar-refractivity contribution >= 4 is 40.9 Å². The molecule has 0 fully saturated rings. The molecule has 0 spiro atoms. The van der Waals surface area contributed by atoms with Crippen LogP contribution in [0, 0.1) is 0 Å². The normalized spacial score (nSPS) is 15.6. The zero-order valence-corrected chi connectivity index (χ0v) is 16.1. The summed E-state index contributed by atoms with van der Waals surface area (Å²) in [5, 5.41) is 9.41. The van der Waals surface area contributed by atoms with Crippen LogP contribution in [0.1, 0.15) is 12.2 Å². The summed E-state index contributed by atoms with van der Waals surface area (Å²) >= 11 is 7.29. The van der Waals surface area contributed by atoms with Crippen molar-refractivity contribution in [1.29, 1.82) is 0 Å². The second-order valence-electron chi connectivity index (χ2n) is 6.10. The summed E-state index contributed by atoms with van der Waals surface area (Å²) in [6.07, 6.45) is 0.0436. The van der Waals surface area contributed by atoms with E-state index in [1.54, 1.807) is 12.1 Å². The highest BCUT2D eigenvalue weighted by molar-refractivity contribution is 8.01. The first kappa shape index (κ1) is 18.5. The van der Waals surface area contributed by atoms with Crippen LogP contribution in [0.3, 0.4) is 0 Å². The number of hydrogen-bond donors (Lipinski definition) is 2. The number of amides is 2. The number of fused-ring (bicyclic) bond motifs is 1. The fraction of sp³-hybridized carbons (Fsp3) is 0.158. The molecule has 2 heterocycles. The van der Waals surface area contributed by atoms with E-state index in [4.69, 9.17) is 16.1 Å². The molecule has 9 heteroatoms. The number of nitrogens with zero attached hydrogens (tertiary/aromatic N) is 2. The lowest BCUT2D eigenvalue weighted by atomic mass is 10.2. The number of rotatable bonds is 5. The number of nitrogens with one attached hydrogen (secondary N) is 2. The van der Waals surface area contributed by atoms with Gasteiger partial charge in [0, 0.05) is 21.9 Å². The molecule has 3 aromatic rings. The Bertz CT molecular complexity index is 1030. The molecule has 0 saturated carbocycles. The van der Waals surface area contributed by atoms with Gasteiger partial charge in [-0.1, -0.05) is 35.0 Å². The molecule has 0 bridgehead atoms. The smallest absolute Gasteiger partial charge is 0.257 e. The maximum absolute atomic E-state index is 12.3. The number of carbonyl (C=O) groups is 2. The molecule has 0 saturated heterocycles. The standard InChI is InChI=1S/C19H15ClN4O3S/c20-12-6-7-14-13(8-12)22-18(26)15(28-14)9-17(25)21-10-16-23-19(27-24-16)11-4-2-1-3-5-11/h1-8,15H,9-10H2,(H,21,25)(H,22,26). The lowest BCUT2D eigenvalue weighted by Gasteiger charge is -2.23. The number of anilines is 1. The second kappa shape index (κ2) is 8.04. The van der Waals surface area contributed by atoms with Crippen LogP contribution < -0.4 is 10.6 Å². The van der Waals surface area contributed by atoms with Gasteiger partial charge in [-0.2, -0.15) is 4.98 Å². The van der Waals surface area contributed by atoms with E-state index >= 15 is 0 Å². The minimum absolute atomic E-state index is 0.0436. The lowest BCUT2D eigenvalue weighted by molar-refractivity contribution is -0.124. The molecule has 1 aromatic heterocycles. The number of hydrogen-bond acceptors (Lipinski definition) is 6. The van der Waals surface area contributed by atoms with E-state index in [0.29, 0.717) is 22.4 Å². The van der Waals surface area contributed by atoms with Gasteiger partial charge in [-0.15, -0.1) is 11.8 Å². The molecule has 1 atom stereocenters. The Morgan fingerprint density at radius 2 is 2.07 bits per heavy atom. The monoisotopic (exact) mass is 414 g/mol. The molecule has 2 amide bonds. The fourth-order valence-corrected chi connectivity index (χ4v) is 3.96. The molecule has 2 N–H and O–H groups in total. The third kappa shape index (κ3) is 4.18. The highest BCUT2D eigenvalue weighted by Gasteiger charge is 2.29. The van der Waals surface area contributed by atoms with Gasteiger partial charge in [0.2, 0.25) is 11.8 Å². The van der Waals surface area contributed by atoms with E-state index < -0.39 is 5.25 Å². The first-order chi connectivity index (χ1) is 13.6. The van der Waals surface area contributed by atoms with Crippen molar-refractivity contribution in [2.45, 2.75) is 23.1 Å². The van der Waals surface area contributed by atoms with Crippen molar-refractivity contribution in [2.24, 2.45) is 0 Å². The molecule has 1 unspecified atom stereocenters. The molecule has 28 heavy (non-hydrogen) atoms. The minimum atomic E-state index is -0.515. The maximum atomic E-state index is 12.3. The number of aromatic nitrogens is 2. The Labute approximate surface area is 169 Å². The van der Waals surface area contributed by atoms with E-state index in [-0.39, 0.29) is 24.8 Å². The van der Waals surface area contributed by atoms with Crippen molar-refractivity contribution in [2.75, 3.05) is 5.32 Å². The summed E-state index contributed by atoms with van der Waals surface area (Å²) in [5.74, 6) is 0.271. The topological polar surface area (TPSA) is 97.1 Å². The largest absolute Gasteiger partial charge is 0.349 e. The van der Waals surface area contributed by atoms with Gasteiger partial charge in [-0.3, -0.25) is 9.59 Å². The SMILES string of the molecule is O=C(CC1Sc2ccc(Cl)cc2NC1=O)NCc1noc(-c2ccccc2)n1. The summed E-state index contributed by atoms with van der Waals surface area (Å²) in [6, 6.07) is 14.6. The van der Waals surface area contributed by atoms with E-state index in [2.05, 4.69) is 20.8 Å². The summed E-state index contributed by atoms with van der Waals surface area (Å²) in [6.45, 7) is 0.125. The predicted octanol–water partition coefficient (Wildman–Crippen LogP) is 3.51. The Morgan fingerprint density at radius 3 is 2.89 bits per heavy atom. The van der Waals surface area contributed by atoms with Crippen LogP contribution in [-0.4, -0.2) is 27.2 Å². The Hall–Kier alpha value is -2.84. The van der Waals surface area contributed by atoms with Crippen LogP contribution in [0.4, 0.5) is 5.69 Å². The van der Waals surface area contributed by atoms with Crippen molar-refractivity contribution in [3.8, 4) is 11.5 Å². The van der Waals surface area contributed by atoms with Crippen LogP contribution in [0.5, 0.6) is 0 Å². The van der Waals surface area contributed by atoms with E-state index in [0.717, 1.165) is 10.5 Å². The number of benzene rings is 2. The molecule has 142 valence electrons. The van der Waals surface area contributed by atoms with E-state index in [1.165, 1.54) is 11.8 Å². The van der Waals surface area contributed by atoms with E-state index in [9.17, 15) is 9.59 Å². The molecule has 1 aliphatic heterocycles. The number of halogens is 1. The van der Waals surface area contributed by atoms with Gasteiger partial charge >= 0.3 is 0 Å². The lowest BCUT2D eigenvalue weighted by Crippen LogP contribution is -2.34. The van der Waals surface area contributed by atoms with Gasteiger partial charge < -0.3 is 15.2 Å². The van der Waals surface area contributed by atoms with Crippen molar-refractivity contribution in [1.82, 2.24) is 15.5 Å². The maximum Gasteiger partial charge on any atom is 0.257 e. The van der Waals surface area contributed by atoms with Crippen LogP contribution in [-0.2, 0) is 16.1 Å². The van der Waals surface area contributed by atoms with Gasteiger partial charge in [0.15, 0.2) is 5.82 Å². The predicted molar refractivity (Wildman–Crippen MR) is 106 cm³/mol. The molecule has 2 aromatic carbocycles. The zero-order valence-electron chi connectivity index (χ0n) is 14.5. The molecule has 4 rings (SSSR count). The van der Waals surface area contributed by atoms with Gasteiger partial charge in [0.1, 0.15) is 0 Å². The van der Waals surface area contributed by atoms with Crippen LogP contribution in [0.2, 0.25) is 5.02 Å². The number of thioether (sulfide) groups is 1. The third-order valence-electron chi connectivity index (χ3n) is 4.06. The zero-order chi connectivity index (χ0) is 19.5. The second-order valence-corrected chi connectivity index (χ2v) is 7.78. The van der Waals surface area contributed by atoms with Crippen molar-refractivity contribution in [3.63, 3.8) is 0 Å². The molecular weight excluding hydrogens is 400 g/mol. The van der Waals surface area contributed by atoms with Crippen LogP contribution in [0.15, 0.2) is 57.9 Å². The highest BCUT2D eigenvalue weighted by Crippen LogP contribution is 2.38. The van der Waals surface area contributed by atoms with Gasteiger partial charge in [0.05, 0.1) is 17.5 Å². The Balaban J connectivity index is 1.33. The summed E-state index contributed by atoms with van der Waals surface area (Å²) < 4.78 is 5.21. The Kier molecular flexibility index (Phi) is 5.31. The highest BCUT2D eigenvalue weighted by atomic mass is 35.5. The fourth-order valence-electron chi connectivity index (χ4n) is 2.70. The minimum Gasteiger partial charge on any atom is -0.349 e. The van der Waals surface area contributed by atoms with Gasteiger partial charge in [-0.25, -0.2) is 0 Å². The summed E-state index contributed by atoms with van der Waals surface area (Å²) in [4.78, 5) is 29.6. The first-order valence-electron chi connectivity index (χ1n) is 8.50. The third-order valence-corrected chi connectivity index (χ3v) is 5.57. The van der Waals surface area contributed by atoms with E-state index in [1.807, 2.05) is 36.4 Å². The quantitative estimate of drug-likeness (QED) is 0.663.